The molecule has 0 amide bonds. The topological polar surface area (TPSA) is 37.4 Å². The Morgan fingerprint density at radius 1 is 0.500 bits per heavy atom. The summed E-state index contributed by atoms with van der Waals surface area (Å²) in [6.07, 6.45) is 0. The Morgan fingerprint density at radius 2 is 0.735 bits per heavy atom. The SMILES string of the molecule is CCN(CC)C(P(=O)(c1ccccc1)c1ccccc1)P(=O)(c1ccccc1)c1ccccc1. The van der Waals surface area contributed by atoms with Crippen LogP contribution in [0.1, 0.15) is 13.8 Å². The highest BCUT2D eigenvalue weighted by Gasteiger charge is 2.51. The maximum atomic E-state index is 15.7. The first kappa shape index (κ1) is 24.4. The zero-order chi connectivity index (χ0) is 24.0. The van der Waals surface area contributed by atoms with Crippen molar-refractivity contribution in [2.24, 2.45) is 0 Å². The molecule has 174 valence electrons. The van der Waals surface area contributed by atoms with Gasteiger partial charge in [0.15, 0.2) is 14.3 Å². The molecule has 0 saturated carbocycles. The Hall–Kier alpha value is -2.70. The summed E-state index contributed by atoms with van der Waals surface area (Å²) in [6, 6.07) is 38.4. The molecular formula is C29H31NO2P2. The molecule has 4 rings (SSSR count). The lowest BCUT2D eigenvalue weighted by Gasteiger charge is -2.41. The van der Waals surface area contributed by atoms with Gasteiger partial charge in [0.05, 0.1) is 0 Å². The molecule has 0 aliphatic carbocycles. The van der Waals surface area contributed by atoms with Gasteiger partial charge in [-0.25, -0.2) is 0 Å². The maximum Gasteiger partial charge on any atom is 0.167 e. The average molecular weight is 488 g/mol. The fourth-order valence-electron chi connectivity index (χ4n) is 4.67. The van der Waals surface area contributed by atoms with E-state index >= 15 is 9.13 Å². The maximum absolute atomic E-state index is 15.7. The molecule has 0 radical (unpaired) electrons. The second kappa shape index (κ2) is 10.7. The molecule has 0 atom stereocenters. The van der Waals surface area contributed by atoms with E-state index in [1.54, 1.807) is 0 Å². The zero-order valence-electron chi connectivity index (χ0n) is 19.7. The minimum absolute atomic E-state index is 0.633. The van der Waals surface area contributed by atoms with Crippen LogP contribution in [0.4, 0.5) is 0 Å². The van der Waals surface area contributed by atoms with Crippen molar-refractivity contribution in [1.29, 1.82) is 0 Å². The summed E-state index contributed by atoms with van der Waals surface area (Å²) in [5, 5.41) is 2.91. The molecule has 0 fully saturated rings. The van der Waals surface area contributed by atoms with Gasteiger partial charge >= 0.3 is 0 Å². The van der Waals surface area contributed by atoms with Crippen LogP contribution in [0.15, 0.2) is 121 Å². The van der Waals surface area contributed by atoms with Crippen LogP contribution in [0.3, 0.4) is 0 Å². The van der Waals surface area contributed by atoms with E-state index < -0.39 is 19.8 Å². The predicted octanol–water partition coefficient (Wildman–Crippen LogP) is 5.64. The van der Waals surface area contributed by atoms with E-state index in [2.05, 4.69) is 18.7 Å². The second-order valence-corrected chi connectivity index (χ2v) is 14.3. The minimum atomic E-state index is -3.41. The Labute approximate surface area is 203 Å². The third kappa shape index (κ3) is 4.37. The third-order valence-electron chi connectivity index (χ3n) is 6.35. The fraction of sp³-hybridized carbons (Fsp3) is 0.172. The molecule has 0 bridgehead atoms. The average Bonchev–Trinajstić information content (AvgIpc) is 2.93. The van der Waals surface area contributed by atoms with Crippen molar-refractivity contribution in [1.82, 2.24) is 4.90 Å². The molecule has 4 aromatic carbocycles. The van der Waals surface area contributed by atoms with Gasteiger partial charge < -0.3 is 9.13 Å². The Kier molecular flexibility index (Phi) is 7.69. The fourth-order valence-corrected chi connectivity index (χ4v) is 13.8. The van der Waals surface area contributed by atoms with Crippen molar-refractivity contribution in [3.63, 3.8) is 0 Å². The van der Waals surface area contributed by atoms with Crippen molar-refractivity contribution in [2.75, 3.05) is 13.1 Å². The van der Waals surface area contributed by atoms with Crippen LogP contribution in [0.5, 0.6) is 0 Å². The van der Waals surface area contributed by atoms with E-state index in [0.717, 1.165) is 21.2 Å². The third-order valence-corrected chi connectivity index (χ3v) is 14.5. The summed E-state index contributed by atoms with van der Waals surface area (Å²) in [6.45, 7) is 5.37. The Bertz CT molecular complexity index is 1090. The van der Waals surface area contributed by atoms with Crippen LogP contribution < -0.4 is 21.2 Å². The van der Waals surface area contributed by atoms with Crippen molar-refractivity contribution >= 4 is 35.5 Å². The highest BCUT2D eigenvalue weighted by Crippen LogP contribution is 2.66. The van der Waals surface area contributed by atoms with Gasteiger partial charge in [0.2, 0.25) is 0 Å². The van der Waals surface area contributed by atoms with Crippen LogP contribution in [0.2, 0.25) is 0 Å². The van der Waals surface area contributed by atoms with E-state index in [1.807, 2.05) is 121 Å². The number of hydrogen-bond acceptors (Lipinski definition) is 3. The van der Waals surface area contributed by atoms with Crippen LogP contribution in [-0.4, -0.2) is 23.5 Å². The molecule has 34 heavy (non-hydrogen) atoms. The van der Waals surface area contributed by atoms with E-state index in [0.29, 0.717) is 13.1 Å². The Balaban J connectivity index is 2.13. The first-order valence-corrected chi connectivity index (χ1v) is 15.3. The van der Waals surface area contributed by atoms with E-state index in [4.69, 9.17) is 0 Å². The molecule has 0 aromatic heterocycles. The van der Waals surface area contributed by atoms with Crippen molar-refractivity contribution in [3.05, 3.63) is 121 Å². The summed E-state index contributed by atoms with van der Waals surface area (Å²) >= 11 is 0. The number of hydrogen-bond donors (Lipinski definition) is 0. The number of rotatable bonds is 9. The van der Waals surface area contributed by atoms with Gasteiger partial charge in [0, 0.05) is 21.2 Å². The van der Waals surface area contributed by atoms with E-state index in [1.165, 1.54) is 0 Å². The largest absolute Gasteiger partial charge is 0.311 e. The first-order chi connectivity index (χ1) is 16.6. The molecule has 0 spiro atoms. The smallest absolute Gasteiger partial charge is 0.167 e. The van der Waals surface area contributed by atoms with Gasteiger partial charge in [-0.3, -0.25) is 4.90 Å². The van der Waals surface area contributed by atoms with Gasteiger partial charge in [0.1, 0.15) is 5.52 Å². The second-order valence-electron chi connectivity index (χ2n) is 8.23. The molecule has 4 aromatic rings. The number of nitrogens with zero attached hydrogens (tertiary/aromatic N) is 1. The lowest BCUT2D eigenvalue weighted by Crippen LogP contribution is -2.44. The van der Waals surface area contributed by atoms with Crippen LogP contribution in [0.25, 0.3) is 0 Å². The van der Waals surface area contributed by atoms with Gasteiger partial charge in [-0.15, -0.1) is 0 Å². The molecule has 0 heterocycles. The molecule has 0 saturated heterocycles. The van der Waals surface area contributed by atoms with Crippen LogP contribution in [-0.2, 0) is 9.13 Å². The lowest BCUT2D eigenvalue weighted by molar-refractivity contribution is 0.321. The standard InChI is InChI=1S/C29H31NO2P2/c1-3-30(4-2)29(33(31,25-17-9-5-10-18-25)26-19-11-6-12-20-26)34(32,27-21-13-7-14-22-27)28-23-15-8-16-24-28/h5-24,29H,3-4H2,1-2H3. The monoisotopic (exact) mass is 487 g/mol. The van der Waals surface area contributed by atoms with Crippen molar-refractivity contribution < 1.29 is 9.13 Å². The van der Waals surface area contributed by atoms with Crippen LogP contribution in [0, 0.1) is 0 Å². The molecular weight excluding hydrogens is 456 g/mol. The molecule has 0 unspecified atom stereocenters. The van der Waals surface area contributed by atoms with Gasteiger partial charge in [-0.2, -0.15) is 0 Å². The summed E-state index contributed by atoms with van der Waals surface area (Å²) in [7, 11) is -6.83. The summed E-state index contributed by atoms with van der Waals surface area (Å²) in [5.74, 6) is 0. The van der Waals surface area contributed by atoms with Gasteiger partial charge in [-0.1, -0.05) is 135 Å². The van der Waals surface area contributed by atoms with E-state index in [9.17, 15) is 0 Å². The van der Waals surface area contributed by atoms with Crippen LogP contribution >= 0.6 is 14.3 Å². The summed E-state index contributed by atoms with van der Waals surface area (Å²) in [4.78, 5) is 2.14. The quantitative estimate of drug-likeness (QED) is 0.287. The Morgan fingerprint density at radius 3 is 0.941 bits per heavy atom. The molecule has 5 heteroatoms. The summed E-state index contributed by atoms with van der Waals surface area (Å²) in [5.41, 5.74) is -0.718. The van der Waals surface area contributed by atoms with Crippen molar-refractivity contribution in [2.45, 2.75) is 19.4 Å². The van der Waals surface area contributed by atoms with Gasteiger partial charge in [0.25, 0.3) is 0 Å². The zero-order valence-corrected chi connectivity index (χ0v) is 21.5. The highest BCUT2D eigenvalue weighted by molar-refractivity contribution is 7.95. The molecule has 0 N–H and O–H groups in total. The number of benzene rings is 4. The normalized spacial score (nSPS) is 12.2. The lowest BCUT2D eigenvalue weighted by atomic mass is 10.4. The molecule has 0 aliphatic heterocycles. The van der Waals surface area contributed by atoms with Gasteiger partial charge in [-0.05, 0) is 13.1 Å². The summed E-state index contributed by atoms with van der Waals surface area (Å²) < 4.78 is 31.3. The van der Waals surface area contributed by atoms with Crippen molar-refractivity contribution in [3.8, 4) is 0 Å². The molecule has 0 aliphatic rings. The highest BCUT2D eigenvalue weighted by atomic mass is 31.2. The first-order valence-electron chi connectivity index (χ1n) is 11.7. The van der Waals surface area contributed by atoms with E-state index in [-0.39, 0.29) is 0 Å². The predicted molar refractivity (Wildman–Crippen MR) is 146 cm³/mol. The molecule has 3 nitrogen and oxygen atoms in total. The minimum Gasteiger partial charge on any atom is -0.311 e.